The van der Waals surface area contributed by atoms with Gasteiger partial charge in [0.1, 0.15) is 23.8 Å². The molecule has 11 heteroatoms. The number of rotatable bonds is 6. The first kappa shape index (κ1) is 23.5. The summed E-state index contributed by atoms with van der Waals surface area (Å²) in [7, 11) is 0. The van der Waals surface area contributed by atoms with Crippen LogP contribution in [0.25, 0.3) is 0 Å². The Labute approximate surface area is 198 Å². The van der Waals surface area contributed by atoms with Crippen molar-refractivity contribution in [2.45, 2.75) is 13.1 Å². The highest BCUT2D eigenvalue weighted by molar-refractivity contribution is 5.99. The number of hydrogen-bond acceptors (Lipinski definition) is 6. The molecule has 0 saturated carbocycles. The third-order valence-corrected chi connectivity index (χ3v) is 4.70. The number of aromatic nitrogens is 3. The summed E-state index contributed by atoms with van der Waals surface area (Å²) >= 11 is 0. The second kappa shape index (κ2) is 10.1. The van der Waals surface area contributed by atoms with E-state index in [4.69, 9.17) is 0 Å². The first-order valence-corrected chi connectivity index (χ1v) is 10.4. The molecule has 0 aliphatic rings. The second-order valence-corrected chi connectivity index (χ2v) is 7.49. The van der Waals surface area contributed by atoms with E-state index in [2.05, 4.69) is 36.2 Å². The van der Waals surface area contributed by atoms with Crippen molar-refractivity contribution in [2.75, 3.05) is 21.3 Å². The average Bonchev–Trinajstić information content (AvgIpc) is 2.80. The maximum Gasteiger partial charge on any atom is 0.416 e. The fourth-order valence-electron chi connectivity index (χ4n) is 3.08. The first-order chi connectivity index (χ1) is 16.7. The van der Waals surface area contributed by atoms with E-state index in [9.17, 15) is 18.0 Å². The third-order valence-electron chi connectivity index (χ3n) is 4.70. The molecule has 0 aliphatic carbocycles. The normalized spacial score (nSPS) is 11.0. The summed E-state index contributed by atoms with van der Waals surface area (Å²) in [5.41, 5.74) is 1.41. The van der Waals surface area contributed by atoms with Gasteiger partial charge in [0.05, 0.1) is 5.56 Å². The molecule has 0 unspecified atom stereocenters. The van der Waals surface area contributed by atoms with Gasteiger partial charge < -0.3 is 21.3 Å². The van der Waals surface area contributed by atoms with Gasteiger partial charge in [0, 0.05) is 29.3 Å². The number of amides is 2. The van der Waals surface area contributed by atoms with E-state index >= 15 is 0 Å². The Kier molecular flexibility index (Phi) is 6.76. The van der Waals surface area contributed by atoms with Crippen LogP contribution in [0.15, 0.2) is 79.3 Å². The lowest BCUT2D eigenvalue weighted by Crippen LogP contribution is -2.19. The van der Waals surface area contributed by atoms with Crippen molar-refractivity contribution in [2.24, 2.45) is 0 Å². The van der Waals surface area contributed by atoms with E-state index in [0.29, 0.717) is 28.8 Å². The number of alkyl halides is 3. The molecule has 0 aliphatic heterocycles. The minimum Gasteiger partial charge on any atom is -0.340 e. The number of urea groups is 1. The maximum absolute atomic E-state index is 12.8. The molecule has 4 aromatic rings. The van der Waals surface area contributed by atoms with Crippen molar-refractivity contribution in [3.8, 4) is 0 Å². The Hall–Kier alpha value is -4.67. The number of anilines is 6. The number of benzene rings is 2. The van der Waals surface area contributed by atoms with Crippen LogP contribution in [-0.2, 0) is 6.18 Å². The van der Waals surface area contributed by atoms with Crippen molar-refractivity contribution in [3.63, 3.8) is 0 Å². The van der Waals surface area contributed by atoms with E-state index in [1.165, 1.54) is 18.5 Å². The Morgan fingerprint density at radius 3 is 2.11 bits per heavy atom. The van der Waals surface area contributed by atoms with Crippen molar-refractivity contribution in [1.29, 1.82) is 0 Å². The molecule has 0 fully saturated rings. The summed E-state index contributed by atoms with van der Waals surface area (Å²) in [4.78, 5) is 24.8. The number of pyridine rings is 1. The highest BCUT2D eigenvalue weighted by Gasteiger charge is 2.30. The quantitative estimate of drug-likeness (QED) is 0.258. The van der Waals surface area contributed by atoms with Gasteiger partial charge in [-0.1, -0.05) is 6.07 Å². The van der Waals surface area contributed by atoms with Crippen LogP contribution in [0, 0.1) is 6.92 Å². The summed E-state index contributed by atoms with van der Waals surface area (Å²) in [6, 6.07) is 16.0. The van der Waals surface area contributed by atoms with Crippen molar-refractivity contribution in [3.05, 3.63) is 90.4 Å². The van der Waals surface area contributed by atoms with Gasteiger partial charge in [-0.15, -0.1) is 0 Å². The van der Waals surface area contributed by atoms with Gasteiger partial charge in [-0.2, -0.15) is 13.2 Å². The average molecular weight is 479 g/mol. The molecule has 4 N–H and O–H groups in total. The molecule has 4 rings (SSSR count). The van der Waals surface area contributed by atoms with Gasteiger partial charge >= 0.3 is 12.2 Å². The Morgan fingerprint density at radius 2 is 1.40 bits per heavy atom. The van der Waals surface area contributed by atoms with Crippen LogP contribution in [0.3, 0.4) is 0 Å². The first-order valence-electron chi connectivity index (χ1n) is 10.4. The Morgan fingerprint density at radius 1 is 0.743 bits per heavy atom. The number of carbonyl (C=O) groups is 1. The zero-order valence-corrected chi connectivity index (χ0v) is 18.4. The molecule has 178 valence electrons. The minimum absolute atomic E-state index is 0.0321. The number of nitrogens with one attached hydrogen (secondary N) is 4. The number of hydrogen-bond donors (Lipinski definition) is 4. The molecule has 0 saturated heterocycles. The van der Waals surface area contributed by atoms with Crippen LogP contribution in [0.5, 0.6) is 0 Å². The van der Waals surface area contributed by atoms with Gasteiger partial charge in [0.2, 0.25) is 0 Å². The number of halogens is 3. The lowest BCUT2D eigenvalue weighted by atomic mass is 10.2. The summed E-state index contributed by atoms with van der Waals surface area (Å²) in [6.45, 7) is 1.97. The predicted octanol–water partition coefficient (Wildman–Crippen LogP) is 6.33. The summed E-state index contributed by atoms with van der Waals surface area (Å²) < 4.78 is 38.5. The van der Waals surface area contributed by atoms with E-state index in [-0.39, 0.29) is 5.69 Å². The van der Waals surface area contributed by atoms with Crippen LogP contribution in [0.1, 0.15) is 11.1 Å². The van der Waals surface area contributed by atoms with Crippen LogP contribution in [0.4, 0.5) is 52.5 Å². The molecule has 0 spiro atoms. The Bertz CT molecular complexity index is 1330. The van der Waals surface area contributed by atoms with Crippen LogP contribution in [-0.4, -0.2) is 21.0 Å². The van der Waals surface area contributed by atoms with Crippen molar-refractivity contribution in [1.82, 2.24) is 15.0 Å². The molecule has 0 bridgehead atoms. The van der Waals surface area contributed by atoms with E-state index in [1.54, 1.807) is 36.5 Å². The maximum atomic E-state index is 12.8. The molecule has 2 aromatic carbocycles. The largest absolute Gasteiger partial charge is 0.416 e. The number of carbonyl (C=O) groups excluding carboxylic acids is 1. The molecular formula is C24H20F3N7O. The summed E-state index contributed by atoms with van der Waals surface area (Å²) in [6.07, 6.45) is -1.38. The molecule has 2 aromatic heterocycles. The van der Waals surface area contributed by atoms with Gasteiger partial charge in [0.15, 0.2) is 0 Å². The SMILES string of the molecule is Cc1ccnc(Nc2cc(Nc3ccc(NC(=O)Nc4cccc(C(F)(F)F)c4)cc3)ncn2)c1. The van der Waals surface area contributed by atoms with Crippen LogP contribution >= 0.6 is 0 Å². The van der Waals surface area contributed by atoms with Crippen molar-refractivity contribution >= 4 is 40.5 Å². The fourth-order valence-corrected chi connectivity index (χ4v) is 3.08. The van der Waals surface area contributed by atoms with E-state index in [0.717, 1.165) is 17.7 Å². The molecule has 8 nitrogen and oxygen atoms in total. The summed E-state index contributed by atoms with van der Waals surface area (Å²) in [5.74, 6) is 1.76. The minimum atomic E-state index is -4.49. The van der Waals surface area contributed by atoms with Crippen LogP contribution < -0.4 is 21.3 Å². The fraction of sp³-hybridized carbons (Fsp3) is 0.0833. The molecule has 0 radical (unpaired) electrons. The molecule has 2 heterocycles. The Balaban J connectivity index is 1.35. The topological polar surface area (TPSA) is 104 Å². The lowest BCUT2D eigenvalue weighted by Gasteiger charge is -2.11. The van der Waals surface area contributed by atoms with Crippen LogP contribution in [0.2, 0.25) is 0 Å². The molecule has 35 heavy (non-hydrogen) atoms. The molecular weight excluding hydrogens is 459 g/mol. The number of aryl methyl sites for hydroxylation is 1. The smallest absolute Gasteiger partial charge is 0.340 e. The third kappa shape index (κ3) is 6.67. The number of nitrogens with zero attached hydrogens (tertiary/aromatic N) is 3. The van der Waals surface area contributed by atoms with Crippen molar-refractivity contribution < 1.29 is 18.0 Å². The zero-order chi connectivity index (χ0) is 24.8. The highest BCUT2D eigenvalue weighted by atomic mass is 19.4. The van der Waals surface area contributed by atoms with Gasteiger partial charge in [-0.3, -0.25) is 0 Å². The standard InChI is InChI=1S/C24H20F3N7O/c1-15-9-10-28-20(11-15)34-22-13-21(29-14-30-22)31-17-5-7-18(8-6-17)32-23(35)33-19-4-2-3-16(12-19)24(25,26)27/h2-14H,1H3,(H2,32,33,35)(H2,28,29,30,31,34). The van der Waals surface area contributed by atoms with Gasteiger partial charge in [0.25, 0.3) is 0 Å². The van der Waals surface area contributed by atoms with E-state index in [1.807, 2.05) is 19.1 Å². The van der Waals surface area contributed by atoms with E-state index < -0.39 is 17.8 Å². The zero-order valence-electron chi connectivity index (χ0n) is 18.4. The van der Waals surface area contributed by atoms with Gasteiger partial charge in [-0.25, -0.2) is 19.7 Å². The second-order valence-electron chi connectivity index (χ2n) is 7.49. The molecule has 0 atom stereocenters. The predicted molar refractivity (Wildman–Crippen MR) is 128 cm³/mol. The molecule has 2 amide bonds. The highest BCUT2D eigenvalue weighted by Crippen LogP contribution is 2.30. The lowest BCUT2D eigenvalue weighted by molar-refractivity contribution is -0.137. The summed E-state index contributed by atoms with van der Waals surface area (Å²) in [5, 5.41) is 11.2. The van der Waals surface area contributed by atoms with Gasteiger partial charge in [-0.05, 0) is 67.1 Å². The monoisotopic (exact) mass is 479 g/mol.